The van der Waals surface area contributed by atoms with E-state index in [9.17, 15) is 0 Å². The molecule has 5 heteroatoms. The number of ether oxygens (including phenoxy) is 1. The Balaban J connectivity index is 2.01. The Morgan fingerprint density at radius 1 is 1.25 bits per heavy atom. The predicted octanol–water partition coefficient (Wildman–Crippen LogP) is 4.63. The lowest BCUT2D eigenvalue weighted by atomic mass is 10.2. The van der Waals surface area contributed by atoms with Gasteiger partial charge in [-0.1, -0.05) is 12.8 Å². The molecule has 0 spiro atoms. The molecule has 1 aromatic heterocycles. The van der Waals surface area contributed by atoms with Crippen molar-refractivity contribution in [3.05, 3.63) is 23.0 Å². The molecular formula is C15H22N2OS2. The van der Waals surface area contributed by atoms with Gasteiger partial charge in [0.1, 0.15) is 5.75 Å². The average Bonchev–Trinajstić information content (AvgIpc) is 2.77. The second-order valence-electron chi connectivity index (χ2n) is 4.87. The van der Waals surface area contributed by atoms with Crippen molar-refractivity contribution in [2.24, 2.45) is 0 Å². The minimum Gasteiger partial charge on any atom is -0.497 e. The fourth-order valence-electron chi connectivity index (χ4n) is 2.35. The van der Waals surface area contributed by atoms with Crippen LogP contribution in [-0.4, -0.2) is 28.7 Å². The Kier molecular flexibility index (Phi) is 5.98. The first-order valence-corrected chi connectivity index (χ1v) is 8.82. The van der Waals surface area contributed by atoms with E-state index in [1.165, 1.54) is 31.4 Å². The number of nitrogens with zero attached hydrogens (tertiary/aromatic N) is 1. The average molecular weight is 310 g/mol. The van der Waals surface area contributed by atoms with Crippen molar-refractivity contribution >= 4 is 35.0 Å². The smallest absolute Gasteiger partial charge is 0.178 e. The molecule has 0 radical (unpaired) electrons. The van der Waals surface area contributed by atoms with Gasteiger partial charge in [0, 0.05) is 12.6 Å². The summed E-state index contributed by atoms with van der Waals surface area (Å²) in [6.07, 6.45) is 7.22. The van der Waals surface area contributed by atoms with Crippen LogP contribution in [0.1, 0.15) is 25.7 Å². The number of aryl methyl sites for hydroxylation is 1. The van der Waals surface area contributed by atoms with E-state index < -0.39 is 0 Å². The molecule has 0 unspecified atom stereocenters. The molecule has 0 saturated heterocycles. The van der Waals surface area contributed by atoms with Crippen LogP contribution in [-0.2, 0) is 6.54 Å². The van der Waals surface area contributed by atoms with Crippen molar-refractivity contribution in [1.82, 2.24) is 9.55 Å². The largest absolute Gasteiger partial charge is 0.497 e. The number of methoxy groups -OCH3 is 1. The van der Waals surface area contributed by atoms with Crippen molar-refractivity contribution in [2.45, 2.75) is 32.2 Å². The first-order chi connectivity index (χ1) is 9.76. The molecule has 2 aromatic rings. The Bertz CT molecular complexity index is 603. The molecule has 0 aliphatic heterocycles. The summed E-state index contributed by atoms with van der Waals surface area (Å²) in [7, 11) is 1.69. The van der Waals surface area contributed by atoms with Crippen molar-refractivity contribution in [3.8, 4) is 5.75 Å². The molecule has 0 atom stereocenters. The normalized spacial score (nSPS) is 11.1. The van der Waals surface area contributed by atoms with E-state index >= 15 is 0 Å². The molecule has 0 fully saturated rings. The number of H-pyrrole nitrogens is 1. The first-order valence-electron chi connectivity index (χ1n) is 7.01. The molecule has 0 aliphatic rings. The van der Waals surface area contributed by atoms with Gasteiger partial charge in [0.05, 0.1) is 18.1 Å². The van der Waals surface area contributed by atoms with Crippen LogP contribution in [0.4, 0.5) is 0 Å². The van der Waals surface area contributed by atoms with Crippen LogP contribution >= 0.6 is 24.0 Å². The van der Waals surface area contributed by atoms with Crippen LogP contribution < -0.4 is 4.74 Å². The Labute approximate surface area is 129 Å². The van der Waals surface area contributed by atoms with Gasteiger partial charge >= 0.3 is 0 Å². The van der Waals surface area contributed by atoms with Crippen molar-refractivity contribution in [1.29, 1.82) is 0 Å². The van der Waals surface area contributed by atoms with Crippen LogP contribution in [0.2, 0.25) is 0 Å². The third-order valence-corrected chi connectivity index (χ3v) is 4.48. The molecule has 1 heterocycles. The molecule has 0 bridgehead atoms. The van der Waals surface area contributed by atoms with Gasteiger partial charge in [0.15, 0.2) is 4.77 Å². The second-order valence-corrected chi connectivity index (χ2v) is 6.24. The third-order valence-electron chi connectivity index (χ3n) is 3.46. The number of thioether (sulfide) groups is 1. The van der Waals surface area contributed by atoms with Crippen molar-refractivity contribution in [2.75, 3.05) is 19.1 Å². The summed E-state index contributed by atoms with van der Waals surface area (Å²) in [6.45, 7) is 0.977. The number of aromatic amines is 1. The molecule has 0 aliphatic carbocycles. The van der Waals surface area contributed by atoms with Gasteiger partial charge < -0.3 is 14.3 Å². The summed E-state index contributed by atoms with van der Waals surface area (Å²) in [4.78, 5) is 3.26. The zero-order chi connectivity index (χ0) is 14.4. The standard InChI is InChI=1S/C15H22N2OS2/c1-18-12-7-8-13-14(11-12)17(15(19)16-13)9-5-3-4-6-10-20-2/h7-8,11H,3-6,9-10H2,1-2H3,(H,16,19). The van der Waals surface area contributed by atoms with Crippen molar-refractivity contribution < 1.29 is 4.74 Å². The number of unbranched alkanes of at least 4 members (excludes halogenated alkanes) is 3. The van der Waals surface area contributed by atoms with Crippen molar-refractivity contribution in [3.63, 3.8) is 0 Å². The molecule has 2 rings (SSSR count). The Morgan fingerprint density at radius 3 is 2.80 bits per heavy atom. The van der Waals surface area contributed by atoms with Gasteiger partial charge in [0.2, 0.25) is 0 Å². The topological polar surface area (TPSA) is 29.9 Å². The van der Waals surface area contributed by atoms with E-state index in [1.807, 2.05) is 23.9 Å². The number of rotatable bonds is 8. The monoisotopic (exact) mass is 310 g/mol. The third kappa shape index (κ3) is 3.79. The van der Waals surface area contributed by atoms with Gasteiger partial charge in [-0.3, -0.25) is 0 Å². The fraction of sp³-hybridized carbons (Fsp3) is 0.533. The SMILES string of the molecule is COc1ccc2[nH]c(=S)n(CCCCCCSC)c2c1. The minimum atomic E-state index is 0.803. The predicted molar refractivity (Wildman–Crippen MR) is 90.5 cm³/mol. The van der Waals surface area contributed by atoms with Gasteiger partial charge in [0.25, 0.3) is 0 Å². The number of hydrogen-bond donors (Lipinski definition) is 1. The van der Waals surface area contributed by atoms with E-state index in [0.29, 0.717) is 0 Å². The molecule has 110 valence electrons. The van der Waals surface area contributed by atoms with Crippen LogP contribution in [0.3, 0.4) is 0 Å². The number of aromatic nitrogens is 2. The maximum atomic E-state index is 5.42. The van der Waals surface area contributed by atoms with E-state index in [4.69, 9.17) is 17.0 Å². The molecule has 3 nitrogen and oxygen atoms in total. The van der Waals surface area contributed by atoms with Crippen LogP contribution in [0.25, 0.3) is 11.0 Å². The van der Waals surface area contributed by atoms with Crippen LogP contribution in [0, 0.1) is 4.77 Å². The first kappa shape index (κ1) is 15.4. The van der Waals surface area contributed by atoms with Crippen LogP contribution in [0.5, 0.6) is 5.75 Å². The maximum absolute atomic E-state index is 5.42. The highest BCUT2D eigenvalue weighted by Crippen LogP contribution is 2.21. The number of hydrogen-bond acceptors (Lipinski definition) is 3. The second kappa shape index (κ2) is 7.74. The fourth-order valence-corrected chi connectivity index (χ4v) is 3.14. The summed E-state index contributed by atoms with van der Waals surface area (Å²) in [5.74, 6) is 2.14. The highest BCUT2D eigenvalue weighted by atomic mass is 32.2. The van der Waals surface area contributed by atoms with Gasteiger partial charge in [-0.05, 0) is 49.2 Å². The number of fused-ring (bicyclic) bond motifs is 1. The number of imidazole rings is 1. The number of nitrogens with one attached hydrogen (secondary N) is 1. The highest BCUT2D eigenvalue weighted by Gasteiger charge is 2.05. The zero-order valence-corrected chi connectivity index (χ0v) is 13.8. The van der Waals surface area contributed by atoms with Gasteiger partial charge in [-0.15, -0.1) is 0 Å². The molecule has 20 heavy (non-hydrogen) atoms. The number of benzene rings is 1. The van der Waals surface area contributed by atoms with E-state index in [2.05, 4.69) is 21.9 Å². The summed E-state index contributed by atoms with van der Waals surface area (Å²) in [5.41, 5.74) is 2.22. The molecular weight excluding hydrogens is 288 g/mol. The molecule has 1 N–H and O–H groups in total. The highest BCUT2D eigenvalue weighted by molar-refractivity contribution is 7.98. The lowest BCUT2D eigenvalue weighted by molar-refractivity contribution is 0.415. The summed E-state index contributed by atoms with van der Waals surface area (Å²) >= 11 is 7.34. The minimum absolute atomic E-state index is 0.803. The molecule has 0 saturated carbocycles. The lowest BCUT2D eigenvalue weighted by Gasteiger charge is -2.06. The maximum Gasteiger partial charge on any atom is 0.178 e. The lowest BCUT2D eigenvalue weighted by Crippen LogP contribution is -1.98. The van der Waals surface area contributed by atoms with Crippen LogP contribution in [0.15, 0.2) is 18.2 Å². The Hall–Kier alpha value is -0.940. The van der Waals surface area contributed by atoms with E-state index in [-0.39, 0.29) is 0 Å². The quantitative estimate of drug-likeness (QED) is 0.569. The summed E-state index contributed by atoms with van der Waals surface area (Å²) < 4.78 is 8.28. The Morgan fingerprint density at radius 2 is 2.05 bits per heavy atom. The van der Waals surface area contributed by atoms with Gasteiger partial charge in [-0.2, -0.15) is 11.8 Å². The van der Waals surface area contributed by atoms with Gasteiger partial charge in [-0.25, -0.2) is 0 Å². The van der Waals surface area contributed by atoms with E-state index in [1.54, 1.807) is 7.11 Å². The molecule has 1 aromatic carbocycles. The van der Waals surface area contributed by atoms with E-state index in [0.717, 1.165) is 28.1 Å². The summed E-state index contributed by atoms with van der Waals surface area (Å²) in [5, 5.41) is 0. The molecule has 0 amide bonds. The summed E-state index contributed by atoms with van der Waals surface area (Å²) in [6, 6.07) is 6.04. The zero-order valence-electron chi connectivity index (χ0n) is 12.1.